The van der Waals surface area contributed by atoms with Crippen molar-refractivity contribution in [2.75, 3.05) is 11.9 Å². The number of benzene rings is 2. The van der Waals surface area contributed by atoms with Crippen LogP contribution in [0, 0.1) is 5.82 Å². The van der Waals surface area contributed by atoms with Gasteiger partial charge in [0.15, 0.2) is 0 Å². The number of anilines is 1. The summed E-state index contributed by atoms with van der Waals surface area (Å²) < 4.78 is 19.7. The van der Waals surface area contributed by atoms with Crippen molar-refractivity contribution in [3.63, 3.8) is 0 Å². The third-order valence-corrected chi connectivity index (χ3v) is 3.76. The van der Waals surface area contributed by atoms with Crippen LogP contribution in [0.4, 0.5) is 10.1 Å². The van der Waals surface area contributed by atoms with E-state index < -0.39 is 11.7 Å². The molecule has 27 heavy (non-hydrogen) atoms. The van der Waals surface area contributed by atoms with Crippen LogP contribution in [0.3, 0.4) is 0 Å². The molecule has 0 aliphatic rings. The first-order chi connectivity index (χ1) is 13.0. The number of halogens is 1. The summed E-state index contributed by atoms with van der Waals surface area (Å²) in [6.45, 7) is 2.26. The monoisotopic (exact) mass is 367 g/mol. The number of hydrogen-bond acceptors (Lipinski definition) is 4. The van der Waals surface area contributed by atoms with E-state index >= 15 is 0 Å². The van der Waals surface area contributed by atoms with Gasteiger partial charge < -0.3 is 10.1 Å². The molecule has 3 rings (SSSR count). The molecule has 0 saturated heterocycles. The predicted molar refractivity (Wildman–Crippen MR) is 100 cm³/mol. The average molecular weight is 367 g/mol. The molecule has 6 nitrogen and oxygen atoms in total. The molecule has 0 spiro atoms. The van der Waals surface area contributed by atoms with Crippen molar-refractivity contribution >= 4 is 11.6 Å². The Morgan fingerprint density at radius 2 is 1.96 bits per heavy atom. The third-order valence-electron chi connectivity index (χ3n) is 3.76. The van der Waals surface area contributed by atoms with Crippen LogP contribution in [-0.4, -0.2) is 22.1 Å². The first kappa shape index (κ1) is 18.3. The minimum absolute atomic E-state index is 0.216. The Morgan fingerprint density at radius 1 is 1.19 bits per heavy atom. The van der Waals surface area contributed by atoms with Gasteiger partial charge in [0.1, 0.15) is 18.1 Å². The van der Waals surface area contributed by atoms with Gasteiger partial charge in [-0.2, -0.15) is 0 Å². The van der Waals surface area contributed by atoms with Crippen LogP contribution in [0.15, 0.2) is 65.7 Å². The molecule has 1 heterocycles. The molecule has 0 saturated carbocycles. The Bertz CT molecular complexity index is 1000. The molecular weight excluding hydrogens is 349 g/mol. The first-order valence-electron chi connectivity index (χ1n) is 8.40. The second-order valence-corrected chi connectivity index (χ2v) is 5.76. The fourth-order valence-electron chi connectivity index (χ4n) is 2.51. The van der Waals surface area contributed by atoms with Crippen LogP contribution in [0.1, 0.15) is 6.92 Å². The zero-order valence-corrected chi connectivity index (χ0v) is 14.7. The molecule has 2 aromatic carbocycles. The summed E-state index contributed by atoms with van der Waals surface area (Å²) in [5.41, 5.74) is 1.24. The van der Waals surface area contributed by atoms with E-state index in [9.17, 15) is 14.0 Å². The van der Waals surface area contributed by atoms with Gasteiger partial charge in [0.05, 0.1) is 18.6 Å². The molecule has 0 aliphatic heterocycles. The van der Waals surface area contributed by atoms with Gasteiger partial charge in [-0.1, -0.05) is 6.07 Å². The van der Waals surface area contributed by atoms with Crippen LogP contribution >= 0.6 is 0 Å². The van der Waals surface area contributed by atoms with E-state index in [1.54, 1.807) is 18.2 Å². The smallest absolute Gasteiger partial charge is 0.254 e. The van der Waals surface area contributed by atoms with Gasteiger partial charge in [0, 0.05) is 17.3 Å². The summed E-state index contributed by atoms with van der Waals surface area (Å²) in [5, 5.41) is 2.54. The van der Waals surface area contributed by atoms with E-state index in [4.69, 9.17) is 4.74 Å². The molecule has 1 amide bonds. The topological polar surface area (TPSA) is 73.2 Å². The quantitative estimate of drug-likeness (QED) is 0.727. The van der Waals surface area contributed by atoms with E-state index in [0.29, 0.717) is 18.0 Å². The SMILES string of the molecule is CCOc1ccc(-c2cc(=O)n(CC(=O)Nc3cccc(F)c3)cn2)cc1. The Balaban J connectivity index is 1.71. The molecule has 0 fully saturated rings. The number of rotatable bonds is 6. The third kappa shape index (κ3) is 4.78. The number of ether oxygens (including phenoxy) is 1. The van der Waals surface area contributed by atoms with Gasteiger partial charge >= 0.3 is 0 Å². The highest BCUT2D eigenvalue weighted by Crippen LogP contribution is 2.19. The maximum Gasteiger partial charge on any atom is 0.254 e. The molecule has 0 atom stereocenters. The van der Waals surface area contributed by atoms with Crippen molar-refractivity contribution in [3.05, 3.63) is 77.1 Å². The molecule has 3 aromatic rings. The minimum atomic E-state index is -0.452. The van der Waals surface area contributed by atoms with E-state index in [0.717, 1.165) is 11.3 Å². The van der Waals surface area contributed by atoms with E-state index in [1.165, 1.54) is 35.2 Å². The van der Waals surface area contributed by atoms with E-state index in [1.807, 2.05) is 19.1 Å². The van der Waals surface area contributed by atoms with Crippen LogP contribution in [0.25, 0.3) is 11.3 Å². The van der Waals surface area contributed by atoms with Crippen molar-refractivity contribution < 1.29 is 13.9 Å². The van der Waals surface area contributed by atoms with Gasteiger partial charge in [-0.15, -0.1) is 0 Å². The summed E-state index contributed by atoms with van der Waals surface area (Å²) >= 11 is 0. The average Bonchev–Trinajstić information content (AvgIpc) is 2.64. The lowest BCUT2D eigenvalue weighted by molar-refractivity contribution is -0.116. The summed E-state index contributed by atoms with van der Waals surface area (Å²) in [6, 6.07) is 14.1. The maximum absolute atomic E-state index is 13.2. The Kier molecular flexibility index (Phi) is 5.61. The summed E-state index contributed by atoms with van der Waals surface area (Å²) in [4.78, 5) is 28.6. The largest absolute Gasteiger partial charge is 0.494 e. The number of hydrogen-bond donors (Lipinski definition) is 1. The van der Waals surface area contributed by atoms with Crippen molar-refractivity contribution in [1.29, 1.82) is 0 Å². The fourth-order valence-corrected chi connectivity index (χ4v) is 2.51. The highest BCUT2D eigenvalue weighted by Gasteiger charge is 2.08. The van der Waals surface area contributed by atoms with Crippen LogP contribution in [0.5, 0.6) is 5.75 Å². The Labute approximate surface area is 155 Å². The highest BCUT2D eigenvalue weighted by molar-refractivity contribution is 5.90. The van der Waals surface area contributed by atoms with E-state index in [-0.39, 0.29) is 12.1 Å². The molecule has 0 radical (unpaired) electrons. The lowest BCUT2D eigenvalue weighted by atomic mass is 10.1. The van der Waals surface area contributed by atoms with Crippen molar-refractivity contribution in [2.45, 2.75) is 13.5 Å². The summed E-state index contributed by atoms with van der Waals surface area (Å²) in [5.74, 6) is -0.159. The van der Waals surface area contributed by atoms with Gasteiger partial charge in [0.25, 0.3) is 5.56 Å². The normalized spacial score (nSPS) is 10.4. The highest BCUT2D eigenvalue weighted by atomic mass is 19.1. The number of amides is 1. The molecule has 138 valence electrons. The summed E-state index contributed by atoms with van der Waals surface area (Å²) in [7, 11) is 0. The molecule has 1 N–H and O–H groups in total. The Hall–Kier alpha value is -3.48. The molecular formula is C20H18FN3O3. The zero-order chi connectivity index (χ0) is 19.2. The van der Waals surface area contributed by atoms with Crippen LogP contribution in [-0.2, 0) is 11.3 Å². The first-order valence-corrected chi connectivity index (χ1v) is 8.40. The molecule has 0 bridgehead atoms. The second-order valence-electron chi connectivity index (χ2n) is 5.76. The maximum atomic E-state index is 13.2. The van der Waals surface area contributed by atoms with Crippen molar-refractivity contribution in [1.82, 2.24) is 9.55 Å². The van der Waals surface area contributed by atoms with Crippen molar-refractivity contribution in [3.8, 4) is 17.0 Å². The molecule has 0 unspecified atom stereocenters. The molecule has 0 aliphatic carbocycles. The zero-order valence-electron chi connectivity index (χ0n) is 14.7. The number of carbonyl (C=O) groups is 1. The standard InChI is InChI=1S/C20H18FN3O3/c1-2-27-17-8-6-14(7-9-17)18-11-20(26)24(13-22-18)12-19(25)23-16-5-3-4-15(21)10-16/h3-11,13H,2,12H2,1H3,(H,23,25). The van der Waals surface area contributed by atoms with Crippen molar-refractivity contribution in [2.24, 2.45) is 0 Å². The molecule has 1 aromatic heterocycles. The number of nitrogens with one attached hydrogen (secondary N) is 1. The molecule has 7 heteroatoms. The van der Waals surface area contributed by atoms with Gasteiger partial charge in [0.2, 0.25) is 5.91 Å². The number of aromatic nitrogens is 2. The lowest BCUT2D eigenvalue weighted by Crippen LogP contribution is -2.27. The van der Waals surface area contributed by atoms with Gasteiger partial charge in [-0.05, 0) is 49.4 Å². The predicted octanol–water partition coefficient (Wildman–Crippen LogP) is 3.09. The summed E-state index contributed by atoms with van der Waals surface area (Å²) in [6.07, 6.45) is 1.32. The van der Waals surface area contributed by atoms with Gasteiger partial charge in [-0.25, -0.2) is 9.37 Å². The minimum Gasteiger partial charge on any atom is -0.494 e. The lowest BCUT2D eigenvalue weighted by Gasteiger charge is -2.08. The number of carbonyl (C=O) groups excluding carboxylic acids is 1. The second kappa shape index (κ2) is 8.27. The van der Waals surface area contributed by atoms with Crippen LogP contribution < -0.4 is 15.6 Å². The van der Waals surface area contributed by atoms with Gasteiger partial charge in [-0.3, -0.25) is 14.2 Å². The number of nitrogens with zero attached hydrogens (tertiary/aromatic N) is 2. The van der Waals surface area contributed by atoms with E-state index in [2.05, 4.69) is 10.3 Å². The Morgan fingerprint density at radius 3 is 2.63 bits per heavy atom. The fraction of sp³-hybridized carbons (Fsp3) is 0.150. The van der Waals surface area contributed by atoms with Crippen LogP contribution in [0.2, 0.25) is 0 Å².